The van der Waals surface area contributed by atoms with Gasteiger partial charge in [0.2, 0.25) is 5.91 Å². The van der Waals surface area contributed by atoms with E-state index >= 15 is 0 Å². The Kier molecular flexibility index (Phi) is 7.08. The third-order valence-electron chi connectivity index (χ3n) is 3.66. The number of nitrogens with one attached hydrogen (secondary N) is 2. The Labute approximate surface area is 156 Å². The molecule has 2 aromatic rings. The van der Waals surface area contributed by atoms with Crippen LogP contribution >= 0.6 is 0 Å². The van der Waals surface area contributed by atoms with Crippen molar-refractivity contribution in [2.24, 2.45) is 0 Å². The van der Waals surface area contributed by atoms with Crippen molar-refractivity contribution in [1.29, 1.82) is 5.26 Å². The highest BCUT2D eigenvalue weighted by atomic mass is 16.5. The van der Waals surface area contributed by atoms with Crippen molar-refractivity contribution in [1.82, 2.24) is 5.32 Å². The second-order valence-electron chi connectivity index (χ2n) is 5.74. The summed E-state index contributed by atoms with van der Waals surface area (Å²) in [5.41, 5.74) is 1.66. The van der Waals surface area contributed by atoms with Crippen LogP contribution < -0.4 is 10.6 Å². The number of hydrogen-bond acceptors (Lipinski definition) is 5. The highest BCUT2D eigenvalue weighted by Gasteiger charge is 2.13. The molecule has 138 valence electrons. The number of ether oxygens (including phenoxy) is 1. The van der Waals surface area contributed by atoms with Gasteiger partial charge in [-0.25, -0.2) is 4.79 Å². The fourth-order valence-electron chi connectivity index (χ4n) is 2.29. The maximum Gasteiger partial charge on any atom is 0.338 e. The van der Waals surface area contributed by atoms with Gasteiger partial charge >= 0.3 is 5.97 Å². The van der Waals surface area contributed by atoms with E-state index in [1.165, 1.54) is 24.3 Å². The number of carbonyl (C=O) groups is 3. The molecular weight excluding hydrogens is 346 g/mol. The van der Waals surface area contributed by atoms with E-state index in [1.54, 1.807) is 6.07 Å². The molecule has 0 unspecified atom stereocenters. The van der Waals surface area contributed by atoms with Gasteiger partial charge in [-0.05, 0) is 36.8 Å². The van der Waals surface area contributed by atoms with E-state index in [1.807, 2.05) is 37.3 Å². The smallest absolute Gasteiger partial charge is 0.338 e. The monoisotopic (exact) mass is 365 g/mol. The van der Waals surface area contributed by atoms with Crippen LogP contribution in [0.3, 0.4) is 0 Å². The Morgan fingerprint density at radius 1 is 1.04 bits per heavy atom. The summed E-state index contributed by atoms with van der Waals surface area (Å²) < 4.78 is 5.00. The predicted molar refractivity (Wildman–Crippen MR) is 98.6 cm³/mol. The molecule has 0 spiro atoms. The number of anilines is 1. The zero-order valence-corrected chi connectivity index (χ0v) is 14.8. The van der Waals surface area contributed by atoms with E-state index in [9.17, 15) is 14.4 Å². The van der Waals surface area contributed by atoms with Crippen LogP contribution in [0.2, 0.25) is 0 Å². The zero-order valence-electron chi connectivity index (χ0n) is 14.8. The highest BCUT2D eigenvalue weighted by Crippen LogP contribution is 2.12. The molecule has 2 rings (SSSR count). The van der Waals surface area contributed by atoms with Gasteiger partial charge in [-0.3, -0.25) is 9.59 Å². The van der Waals surface area contributed by atoms with Gasteiger partial charge < -0.3 is 15.4 Å². The van der Waals surface area contributed by atoms with E-state index < -0.39 is 24.4 Å². The first-order valence-corrected chi connectivity index (χ1v) is 8.28. The third kappa shape index (κ3) is 6.29. The van der Waals surface area contributed by atoms with Gasteiger partial charge in [-0.2, -0.15) is 5.26 Å². The summed E-state index contributed by atoms with van der Waals surface area (Å²) in [5.74, 6) is -1.48. The number of hydrogen-bond donors (Lipinski definition) is 2. The summed E-state index contributed by atoms with van der Waals surface area (Å²) in [6.07, 6.45) is -0.250. The molecule has 0 aliphatic rings. The SMILES string of the molecule is C[C@H](NC(=O)COC(=O)c1ccc(NC(=O)CC#N)cc1)c1ccccc1. The molecule has 0 bridgehead atoms. The minimum absolute atomic E-state index is 0.200. The number of carbonyl (C=O) groups excluding carboxylic acids is 3. The number of amides is 2. The summed E-state index contributed by atoms with van der Waals surface area (Å²) in [6, 6.07) is 17.0. The molecule has 2 N–H and O–H groups in total. The second-order valence-corrected chi connectivity index (χ2v) is 5.74. The summed E-state index contributed by atoms with van der Waals surface area (Å²) in [4.78, 5) is 35.3. The van der Waals surface area contributed by atoms with Crippen molar-refractivity contribution >= 4 is 23.5 Å². The number of rotatable bonds is 7. The first kappa shape index (κ1) is 19.7. The van der Waals surface area contributed by atoms with Crippen molar-refractivity contribution in [3.63, 3.8) is 0 Å². The lowest BCUT2D eigenvalue weighted by molar-refractivity contribution is -0.124. The van der Waals surface area contributed by atoms with Crippen LogP contribution in [-0.2, 0) is 14.3 Å². The van der Waals surface area contributed by atoms with Gasteiger partial charge in [0.1, 0.15) is 6.42 Å². The minimum Gasteiger partial charge on any atom is -0.452 e. The molecule has 7 nitrogen and oxygen atoms in total. The molecule has 0 aromatic heterocycles. The Morgan fingerprint density at radius 3 is 2.33 bits per heavy atom. The van der Waals surface area contributed by atoms with Gasteiger partial charge in [0.25, 0.3) is 5.91 Å². The second kappa shape index (κ2) is 9.73. The number of nitrogens with zero attached hydrogens (tertiary/aromatic N) is 1. The molecule has 0 fully saturated rings. The standard InChI is InChI=1S/C20H19N3O4/c1-14(15-5-3-2-4-6-15)22-19(25)13-27-20(26)16-7-9-17(10-8-16)23-18(24)11-12-21/h2-10,14H,11,13H2,1H3,(H,22,25)(H,23,24)/t14-/m0/s1. The summed E-state index contributed by atoms with van der Waals surface area (Å²) in [5, 5.41) is 13.7. The van der Waals surface area contributed by atoms with Crippen LogP contribution in [0.4, 0.5) is 5.69 Å². The Morgan fingerprint density at radius 2 is 1.70 bits per heavy atom. The van der Waals surface area contributed by atoms with Crippen molar-refractivity contribution in [2.75, 3.05) is 11.9 Å². The van der Waals surface area contributed by atoms with Crippen molar-refractivity contribution < 1.29 is 19.1 Å². The molecule has 2 aromatic carbocycles. The normalized spacial score (nSPS) is 11.0. The zero-order chi connectivity index (χ0) is 19.6. The van der Waals surface area contributed by atoms with Gasteiger partial charge in [-0.15, -0.1) is 0 Å². The quantitative estimate of drug-likeness (QED) is 0.733. The van der Waals surface area contributed by atoms with Crippen LogP contribution in [0, 0.1) is 11.3 Å². The number of nitriles is 1. The fraction of sp³-hybridized carbons (Fsp3) is 0.200. The topological polar surface area (TPSA) is 108 Å². The van der Waals surface area contributed by atoms with Crippen LogP contribution in [0.1, 0.15) is 35.3 Å². The first-order chi connectivity index (χ1) is 13.0. The lowest BCUT2D eigenvalue weighted by Gasteiger charge is -2.14. The van der Waals surface area contributed by atoms with Crippen molar-refractivity contribution in [2.45, 2.75) is 19.4 Å². The first-order valence-electron chi connectivity index (χ1n) is 8.28. The highest BCUT2D eigenvalue weighted by molar-refractivity contribution is 5.94. The average Bonchev–Trinajstić information content (AvgIpc) is 2.67. The Balaban J connectivity index is 1.82. The molecule has 1 atom stereocenters. The van der Waals surface area contributed by atoms with Crippen molar-refractivity contribution in [3.05, 3.63) is 65.7 Å². The Bertz CT molecular complexity index is 842. The van der Waals surface area contributed by atoms with Crippen LogP contribution in [0.5, 0.6) is 0 Å². The molecule has 27 heavy (non-hydrogen) atoms. The molecule has 0 heterocycles. The molecular formula is C20H19N3O4. The summed E-state index contributed by atoms with van der Waals surface area (Å²) in [6.45, 7) is 1.45. The molecule has 2 amide bonds. The van der Waals surface area contributed by atoms with E-state index in [4.69, 9.17) is 10.00 Å². The van der Waals surface area contributed by atoms with Crippen LogP contribution in [0.15, 0.2) is 54.6 Å². The van der Waals surface area contributed by atoms with Gasteiger partial charge in [0.15, 0.2) is 6.61 Å². The number of esters is 1. The average molecular weight is 365 g/mol. The van der Waals surface area contributed by atoms with E-state index in [0.717, 1.165) is 5.56 Å². The largest absolute Gasteiger partial charge is 0.452 e. The summed E-state index contributed by atoms with van der Waals surface area (Å²) in [7, 11) is 0. The number of benzene rings is 2. The van der Waals surface area contributed by atoms with Crippen LogP contribution in [0.25, 0.3) is 0 Å². The minimum atomic E-state index is -0.646. The summed E-state index contributed by atoms with van der Waals surface area (Å²) >= 11 is 0. The third-order valence-corrected chi connectivity index (χ3v) is 3.66. The van der Waals surface area contributed by atoms with Gasteiger partial charge in [0, 0.05) is 5.69 Å². The van der Waals surface area contributed by atoms with Gasteiger partial charge in [-0.1, -0.05) is 30.3 Å². The molecule has 0 saturated heterocycles. The molecule has 0 radical (unpaired) electrons. The maximum atomic E-state index is 12.0. The van der Waals surface area contributed by atoms with Gasteiger partial charge in [0.05, 0.1) is 17.7 Å². The lowest BCUT2D eigenvalue weighted by atomic mass is 10.1. The molecule has 0 aliphatic heterocycles. The Hall–Kier alpha value is -3.66. The predicted octanol–water partition coefficient (Wildman–Crippen LogP) is 2.57. The van der Waals surface area contributed by atoms with E-state index in [2.05, 4.69) is 10.6 Å². The molecule has 0 aliphatic carbocycles. The van der Waals surface area contributed by atoms with Crippen LogP contribution in [-0.4, -0.2) is 24.4 Å². The molecule has 0 saturated carbocycles. The van der Waals surface area contributed by atoms with E-state index in [0.29, 0.717) is 5.69 Å². The van der Waals surface area contributed by atoms with Crippen molar-refractivity contribution in [3.8, 4) is 6.07 Å². The lowest BCUT2D eigenvalue weighted by Crippen LogP contribution is -2.31. The van der Waals surface area contributed by atoms with E-state index in [-0.39, 0.29) is 18.0 Å². The maximum absolute atomic E-state index is 12.0. The molecule has 7 heteroatoms. The fourth-order valence-corrected chi connectivity index (χ4v) is 2.29.